The van der Waals surface area contributed by atoms with Gasteiger partial charge in [-0.05, 0) is 14.1 Å². The first-order chi connectivity index (χ1) is 8.87. The Labute approximate surface area is 113 Å². The average Bonchev–Trinajstić information content (AvgIpc) is 2.36. The average molecular weight is 273 g/mol. The van der Waals surface area contributed by atoms with Gasteiger partial charge in [0, 0.05) is 46.2 Å². The lowest BCUT2D eigenvalue weighted by Crippen LogP contribution is -2.60. The van der Waals surface area contributed by atoms with Crippen LogP contribution >= 0.6 is 0 Å². The van der Waals surface area contributed by atoms with E-state index in [2.05, 4.69) is 5.32 Å². The zero-order valence-corrected chi connectivity index (χ0v) is 11.8. The molecular formula is C12H23N3O4. The number of carboxylic acids is 1. The predicted molar refractivity (Wildman–Crippen MR) is 70.1 cm³/mol. The zero-order valence-electron chi connectivity index (χ0n) is 11.8. The summed E-state index contributed by atoms with van der Waals surface area (Å²) in [5, 5.41) is 12.0. The van der Waals surface area contributed by atoms with Crippen molar-refractivity contribution in [1.29, 1.82) is 0 Å². The summed E-state index contributed by atoms with van der Waals surface area (Å²) in [7, 11) is 5.50. The van der Waals surface area contributed by atoms with Crippen molar-refractivity contribution in [2.45, 2.75) is 18.4 Å². The van der Waals surface area contributed by atoms with Crippen molar-refractivity contribution in [2.75, 3.05) is 47.4 Å². The van der Waals surface area contributed by atoms with Gasteiger partial charge in [0.1, 0.15) is 5.54 Å². The molecule has 7 nitrogen and oxygen atoms in total. The molecule has 110 valence electrons. The number of carbonyl (C=O) groups excluding carboxylic acids is 1. The van der Waals surface area contributed by atoms with Crippen LogP contribution in [0.1, 0.15) is 12.8 Å². The molecule has 0 bridgehead atoms. The van der Waals surface area contributed by atoms with E-state index in [4.69, 9.17) is 4.74 Å². The minimum Gasteiger partial charge on any atom is -0.480 e. The molecule has 0 aromatic heterocycles. The van der Waals surface area contributed by atoms with Gasteiger partial charge in [0.25, 0.3) is 0 Å². The van der Waals surface area contributed by atoms with Crippen molar-refractivity contribution in [1.82, 2.24) is 15.1 Å². The number of urea groups is 1. The second-order valence-electron chi connectivity index (χ2n) is 5.15. The van der Waals surface area contributed by atoms with E-state index >= 15 is 0 Å². The van der Waals surface area contributed by atoms with Crippen LogP contribution in [0.5, 0.6) is 0 Å². The van der Waals surface area contributed by atoms with Crippen LogP contribution in [-0.2, 0) is 9.53 Å². The fourth-order valence-electron chi connectivity index (χ4n) is 1.86. The predicted octanol–water partition coefficient (Wildman–Crippen LogP) is -0.177. The van der Waals surface area contributed by atoms with Gasteiger partial charge >= 0.3 is 12.0 Å². The lowest BCUT2D eigenvalue weighted by molar-refractivity contribution is -0.148. The van der Waals surface area contributed by atoms with E-state index < -0.39 is 11.5 Å². The van der Waals surface area contributed by atoms with Crippen molar-refractivity contribution < 1.29 is 19.4 Å². The number of carbonyl (C=O) groups is 2. The number of rotatable bonds is 5. The Balaban J connectivity index is 2.58. The highest BCUT2D eigenvalue weighted by Gasteiger charge is 2.42. The maximum absolute atomic E-state index is 12.0. The molecule has 0 saturated carbocycles. The van der Waals surface area contributed by atoms with Crippen LogP contribution in [0.3, 0.4) is 0 Å². The van der Waals surface area contributed by atoms with Crippen LogP contribution in [0.4, 0.5) is 4.79 Å². The zero-order chi connectivity index (χ0) is 14.5. The van der Waals surface area contributed by atoms with Crippen LogP contribution in [0, 0.1) is 0 Å². The van der Waals surface area contributed by atoms with Crippen molar-refractivity contribution in [2.24, 2.45) is 0 Å². The van der Waals surface area contributed by atoms with E-state index in [1.165, 1.54) is 4.90 Å². The molecule has 19 heavy (non-hydrogen) atoms. The van der Waals surface area contributed by atoms with Crippen molar-refractivity contribution in [3.05, 3.63) is 0 Å². The van der Waals surface area contributed by atoms with E-state index in [0.717, 1.165) is 6.54 Å². The molecule has 1 aliphatic rings. The van der Waals surface area contributed by atoms with E-state index in [0.29, 0.717) is 32.6 Å². The highest BCUT2D eigenvalue weighted by molar-refractivity contribution is 5.86. The maximum Gasteiger partial charge on any atom is 0.329 e. The molecule has 0 spiro atoms. The standard InChI is InChI=1S/C12H23N3O4/c1-14(2)6-7-15(3)11(18)13-12(10(16)17)4-8-19-9-5-12/h4-9H2,1-3H3,(H,13,18)(H,16,17). The molecule has 2 amide bonds. The molecule has 1 saturated heterocycles. The highest BCUT2D eigenvalue weighted by Crippen LogP contribution is 2.21. The Hall–Kier alpha value is -1.34. The van der Waals surface area contributed by atoms with Gasteiger partial charge in [0.05, 0.1) is 0 Å². The Kier molecular flexibility index (Phi) is 5.56. The Morgan fingerprint density at radius 2 is 1.79 bits per heavy atom. The van der Waals surface area contributed by atoms with Gasteiger partial charge in [-0.2, -0.15) is 0 Å². The van der Waals surface area contributed by atoms with Gasteiger partial charge in [-0.1, -0.05) is 0 Å². The number of amides is 2. The summed E-state index contributed by atoms with van der Waals surface area (Å²) >= 11 is 0. The summed E-state index contributed by atoms with van der Waals surface area (Å²) in [5.41, 5.74) is -1.19. The molecular weight excluding hydrogens is 250 g/mol. The molecule has 0 unspecified atom stereocenters. The second kappa shape index (κ2) is 6.72. The summed E-state index contributed by atoms with van der Waals surface area (Å²) < 4.78 is 5.16. The number of hydrogen-bond donors (Lipinski definition) is 2. The summed E-state index contributed by atoms with van der Waals surface area (Å²) in [6, 6.07) is -0.355. The van der Waals surface area contributed by atoms with E-state index in [9.17, 15) is 14.7 Å². The third-order valence-corrected chi connectivity index (χ3v) is 3.33. The Morgan fingerprint density at radius 3 is 2.26 bits per heavy atom. The molecule has 0 aliphatic carbocycles. The molecule has 1 heterocycles. The Bertz CT molecular complexity index is 327. The Morgan fingerprint density at radius 1 is 1.21 bits per heavy atom. The largest absolute Gasteiger partial charge is 0.480 e. The fraction of sp³-hybridized carbons (Fsp3) is 0.833. The minimum atomic E-state index is -1.19. The summed E-state index contributed by atoms with van der Waals surface area (Å²) in [4.78, 5) is 26.9. The maximum atomic E-state index is 12.0. The number of nitrogens with one attached hydrogen (secondary N) is 1. The van der Waals surface area contributed by atoms with Gasteiger partial charge in [0.2, 0.25) is 0 Å². The smallest absolute Gasteiger partial charge is 0.329 e. The van der Waals surface area contributed by atoms with E-state index in [1.54, 1.807) is 7.05 Å². The molecule has 0 aromatic carbocycles. The monoisotopic (exact) mass is 273 g/mol. The molecule has 0 radical (unpaired) electrons. The van der Waals surface area contributed by atoms with Crippen LogP contribution in [0.25, 0.3) is 0 Å². The third kappa shape index (κ3) is 4.36. The SMILES string of the molecule is CN(C)CCN(C)C(=O)NC1(C(=O)O)CCOCC1. The minimum absolute atomic E-state index is 0.301. The third-order valence-electron chi connectivity index (χ3n) is 3.33. The van der Waals surface area contributed by atoms with Crippen molar-refractivity contribution >= 4 is 12.0 Å². The quantitative estimate of drug-likeness (QED) is 0.726. The van der Waals surface area contributed by atoms with Gasteiger partial charge in [-0.25, -0.2) is 9.59 Å². The van der Waals surface area contributed by atoms with E-state index in [-0.39, 0.29) is 6.03 Å². The first-order valence-electron chi connectivity index (χ1n) is 6.36. The number of likely N-dealkylation sites (N-methyl/N-ethyl adjacent to an activating group) is 2. The van der Waals surface area contributed by atoms with Crippen molar-refractivity contribution in [3.63, 3.8) is 0 Å². The summed E-state index contributed by atoms with van der Waals surface area (Å²) in [5.74, 6) is -0.995. The van der Waals surface area contributed by atoms with Crippen LogP contribution < -0.4 is 5.32 Å². The number of carboxylic acid groups (broad SMARTS) is 1. The topological polar surface area (TPSA) is 82.1 Å². The molecule has 7 heteroatoms. The highest BCUT2D eigenvalue weighted by atomic mass is 16.5. The second-order valence-corrected chi connectivity index (χ2v) is 5.15. The molecule has 1 fully saturated rings. The van der Waals surface area contributed by atoms with Crippen LogP contribution in [-0.4, -0.2) is 79.9 Å². The first kappa shape index (κ1) is 15.7. The van der Waals surface area contributed by atoms with Crippen molar-refractivity contribution in [3.8, 4) is 0 Å². The van der Waals surface area contributed by atoms with Gasteiger partial charge in [-0.15, -0.1) is 0 Å². The number of nitrogens with zero attached hydrogens (tertiary/aromatic N) is 2. The van der Waals surface area contributed by atoms with Crippen LogP contribution in [0.15, 0.2) is 0 Å². The summed E-state index contributed by atoms with van der Waals surface area (Å²) in [6.07, 6.45) is 0.602. The van der Waals surface area contributed by atoms with Gasteiger partial charge in [0.15, 0.2) is 0 Å². The number of ether oxygens (including phenoxy) is 1. The number of hydrogen-bond acceptors (Lipinski definition) is 4. The molecule has 0 aromatic rings. The van der Waals surface area contributed by atoms with Gasteiger partial charge < -0.3 is 25.0 Å². The molecule has 2 N–H and O–H groups in total. The normalized spacial score (nSPS) is 18.1. The lowest BCUT2D eigenvalue weighted by atomic mass is 9.90. The molecule has 1 aliphatic heterocycles. The number of aliphatic carboxylic acids is 1. The van der Waals surface area contributed by atoms with E-state index in [1.807, 2.05) is 19.0 Å². The first-order valence-corrected chi connectivity index (χ1v) is 6.36. The molecule has 1 rings (SSSR count). The van der Waals surface area contributed by atoms with Crippen LogP contribution in [0.2, 0.25) is 0 Å². The lowest BCUT2D eigenvalue weighted by Gasteiger charge is -2.35. The van der Waals surface area contributed by atoms with Gasteiger partial charge in [-0.3, -0.25) is 0 Å². The summed E-state index contributed by atoms with van der Waals surface area (Å²) in [6.45, 7) is 1.99. The fourth-order valence-corrected chi connectivity index (χ4v) is 1.86. The molecule has 0 atom stereocenters.